The van der Waals surface area contributed by atoms with Gasteiger partial charge in [0, 0.05) is 22.4 Å². The SMILES string of the molecule is CN(Cc1cccs1)C(=O)CN1C(=O)N[C@]2(CCCc3sccc32)C1=O. The van der Waals surface area contributed by atoms with E-state index in [1.807, 2.05) is 29.0 Å². The summed E-state index contributed by atoms with van der Waals surface area (Å²) in [5.41, 5.74) is -0.0916. The van der Waals surface area contributed by atoms with Crippen LogP contribution in [0.2, 0.25) is 0 Å². The van der Waals surface area contributed by atoms with Gasteiger partial charge in [0.2, 0.25) is 5.91 Å². The maximum atomic E-state index is 13.1. The third-order valence-corrected chi connectivity index (χ3v) is 6.87. The van der Waals surface area contributed by atoms with Crippen LogP contribution in [0, 0.1) is 0 Å². The lowest BCUT2D eigenvalue weighted by molar-refractivity contribution is -0.139. The summed E-state index contributed by atoms with van der Waals surface area (Å²) in [6.45, 7) is 0.244. The largest absolute Gasteiger partial charge is 0.339 e. The molecule has 6 nitrogen and oxygen atoms in total. The Kier molecular flexibility index (Phi) is 4.32. The summed E-state index contributed by atoms with van der Waals surface area (Å²) in [4.78, 5) is 43.0. The van der Waals surface area contributed by atoms with Crippen molar-refractivity contribution >= 4 is 40.5 Å². The molecule has 2 aromatic rings. The molecule has 1 atom stereocenters. The highest BCUT2D eigenvalue weighted by Crippen LogP contribution is 2.42. The van der Waals surface area contributed by atoms with Crippen LogP contribution in [0.1, 0.15) is 28.2 Å². The number of hydrogen-bond acceptors (Lipinski definition) is 5. The lowest BCUT2D eigenvalue weighted by atomic mass is 9.80. The average Bonchev–Trinajstić information content (AvgIpc) is 3.33. The molecule has 1 spiro atoms. The Balaban J connectivity index is 1.51. The van der Waals surface area contributed by atoms with Gasteiger partial charge in [0.05, 0.1) is 6.54 Å². The first-order chi connectivity index (χ1) is 12.5. The molecule has 26 heavy (non-hydrogen) atoms. The van der Waals surface area contributed by atoms with Crippen molar-refractivity contribution in [2.45, 2.75) is 31.3 Å². The first-order valence-corrected chi connectivity index (χ1v) is 10.2. The summed E-state index contributed by atoms with van der Waals surface area (Å²) in [6, 6.07) is 5.33. The zero-order chi connectivity index (χ0) is 18.3. The van der Waals surface area contributed by atoms with Gasteiger partial charge in [0.15, 0.2) is 0 Å². The van der Waals surface area contributed by atoms with Gasteiger partial charge in [0.1, 0.15) is 12.1 Å². The Morgan fingerprint density at radius 2 is 2.15 bits per heavy atom. The van der Waals surface area contributed by atoms with Gasteiger partial charge < -0.3 is 10.2 Å². The molecule has 0 unspecified atom stereocenters. The second-order valence-electron chi connectivity index (χ2n) is 6.67. The molecule has 1 aliphatic carbocycles. The van der Waals surface area contributed by atoms with Gasteiger partial charge in [0.25, 0.3) is 5.91 Å². The summed E-state index contributed by atoms with van der Waals surface area (Å²) in [5, 5.41) is 6.79. The van der Waals surface area contributed by atoms with Crippen LogP contribution in [0.5, 0.6) is 0 Å². The first-order valence-electron chi connectivity index (χ1n) is 8.48. The normalized spacial score (nSPS) is 21.8. The number of carbonyl (C=O) groups excluding carboxylic acids is 3. The van der Waals surface area contributed by atoms with E-state index in [1.54, 1.807) is 34.6 Å². The highest BCUT2D eigenvalue weighted by molar-refractivity contribution is 7.10. The molecule has 2 aromatic heterocycles. The fourth-order valence-corrected chi connectivity index (χ4v) is 5.42. The van der Waals surface area contributed by atoms with Gasteiger partial charge in [-0.25, -0.2) is 4.79 Å². The third kappa shape index (κ3) is 2.73. The monoisotopic (exact) mass is 389 g/mol. The molecule has 1 saturated heterocycles. The summed E-state index contributed by atoms with van der Waals surface area (Å²) >= 11 is 3.19. The zero-order valence-electron chi connectivity index (χ0n) is 14.4. The molecule has 136 valence electrons. The Morgan fingerprint density at radius 3 is 2.92 bits per heavy atom. The van der Waals surface area contributed by atoms with Crippen LogP contribution in [-0.2, 0) is 28.1 Å². The summed E-state index contributed by atoms with van der Waals surface area (Å²) in [7, 11) is 1.69. The molecular weight excluding hydrogens is 370 g/mol. The Labute approximate surface area is 159 Å². The van der Waals surface area contributed by atoms with Crippen molar-refractivity contribution in [3.8, 4) is 0 Å². The summed E-state index contributed by atoms with van der Waals surface area (Å²) in [6.07, 6.45) is 2.36. The van der Waals surface area contributed by atoms with E-state index in [0.717, 1.165) is 33.1 Å². The topological polar surface area (TPSA) is 69.7 Å². The maximum Gasteiger partial charge on any atom is 0.325 e. The Morgan fingerprint density at radius 1 is 1.31 bits per heavy atom. The predicted molar refractivity (Wildman–Crippen MR) is 100.0 cm³/mol. The van der Waals surface area contributed by atoms with Crippen molar-refractivity contribution in [1.82, 2.24) is 15.1 Å². The number of urea groups is 1. The van der Waals surface area contributed by atoms with E-state index in [9.17, 15) is 14.4 Å². The number of nitrogens with zero attached hydrogens (tertiary/aromatic N) is 2. The lowest BCUT2D eigenvalue weighted by Crippen LogP contribution is -2.46. The Bertz CT molecular complexity index is 861. The molecule has 3 heterocycles. The van der Waals surface area contributed by atoms with Crippen molar-refractivity contribution in [3.63, 3.8) is 0 Å². The van der Waals surface area contributed by atoms with Crippen molar-refractivity contribution < 1.29 is 14.4 Å². The average molecular weight is 390 g/mol. The summed E-state index contributed by atoms with van der Waals surface area (Å²) in [5.74, 6) is -0.556. The minimum Gasteiger partial charge on any atom is -0.339 e. The standard InChI is InChI=1S/C18H19N3O3S2/c1-20(10-12-4-3-8-25-12)15(22)11-21-16(23)18(19-17(21)24)7-2-5-14-13(18)6-9-26-14/h3-4,6,8-9H,2,5,7,10-11H2,1H3,(H,19,24)/t18-/m0/s1. The van der Waals surface area contributed by atoms with Gasteiger partial charge >= 0.3 is 6.03 Å². The molecule has 4 amide bonds. The second kappa shape index (κ2) is 6.51. The van der Waals surface area contributed by atoms with Crippen LogP contribution >= 0.6 is 22.7 Å². The number of nitrogens with one attached hydrogen (secondary N) is 1. The smallest absolute Gasteiger partial charge is 0.325 e. The van der Waals surface area contributed by atoms with Crippen LogP contribution < -0.4 is 5.32 Å². The molecule has 1 fully saturated rings. The molecule has 8 heteroatoms. The van der Waals surface area contributed by atoms with Crippen LogP contribution in [0.25, 0.3) is 0 Å². The number of aryl methyl sites for hydroxylation is 1. The Hall–Kier alpha value is -2.19. The molecular formula is C18H19N3O3S2. The summed E-state index contributed by atoms with van der Waals surface area (Å²) < 4.78 is 0. The van der Waals surface area contributed by atoms with E-state index >= 15 is 0 Å². The number of rotatable bonds is 4. The van der Waals surface area contributed by atoms with Crippen molar-refractivity contribution in [1.29, 1.82) is 0 Å². The molecule has 1 aliphatic heterocycles. The molecule has 0 saturated carbocycles. The number of hydrogen-bond donors (Lipinski definition) is 1. The molecule has 4 rings (SSSR count). The number of likely N-dealkylation sites (N-methyl/N-ethyl adjacent to an activating group) is 1. The first kappa shape index (κ1) is 17.2. The maximum absolute atomic E-state index is 13.1. The van der Waals surface area contributed by atoms with Crippen LogP contribution in [0.4, 0.5) is 4.79 Å². The molecule has 0 aromatic carbocycles. The van der Waals surface area contributed by atoms with Crippen LogP contribution in [0.15, 0.2) is 29.0 Å². The number of imide groups is 1. The van der Waals surface area contributed by atoms with E-state index in [1.165, 1.54) is 0 Å². The van der Waals surface area contributed by atoms with Gasteiger partial charge in [-0.1, -0.05) is 6.07 Å². The molecule has 1 N–H and O–H groups in total. The van der Waals surface area contributed by atoms with E-state index in [4.69, 9.17) is 0 Å². The minimum absolute atomic E-state index is 0.228. The highest BCUT2D eigenvalue weighted by Gasteiger charge is 2.54. The molecule has 0 bridgehead atoms. The van der Waals surface area contributed by atoms with E-state index in [2.05, 4.69) is 5.32 Å². The van der Waals surface area contributed by atoms with Gasteiger partial charge in [-0.05, 0) is 42.2 Å². The van der Waals surface area contributed by atoms with Gasteiger partial charge in [-0.15, -0.1) is 22.7 Å². The van der Waals surface area contributed by atoms with E-state index < -0.39 is 11.6 Å². The number of thiophene rings is 2. The van der Waals surface area contributed by atoms with E-state index in [0.29, 0.717) is 13.0 Å². The predicted octanol–water partition coefficient (Wildman–Crippen LogP) is 2.55. The second-order valence-corrected chi connectivity index (χ2v) is 8.70. The quantitative estimate of drug-likeness (QED) is 0.817. The zero-order valence-corrected chi connectivity index (χ0v) is 16.0. The lowest BCUT2D eigenvalue weighted by Gasteiger charge is -2.31. The van der Waals surface area contributed by atoms with Gasteiger partial charge in [-0.2, -0.15) is 0 Å². The van der Waals surface area contributed by atoms with Crippen molar-refractivity contribution in [3.05, 3.63) is 44.3 Å². The molecule has 0 radical (unpaired) electrons. The number of amides is 4. The van der Waals surface area contributed by atoms with Crippen molar-refractivity contribution in [2.75, 3.05) is 13.6 Å². The van der Waals surface area contributed by atoms with E-state index in [-0.39, 0.29) is 18.4 Å². The van der Waals surface area contributed by atoms with Gasteiger partial charge in [-0.3, -0.25) is 14.5 Å². The number of fused-ring (bicyclic) bond motifs is 2. The fraction of sp³-hybridized carbons (Fsp3) is 0.389. The number of carbonyl (C=O) groups is 3. The van der Waals surface area contributed by atoms with Crippen LogP contribution in [0.3, 0.4) is 0 Å². The van der Waals surface area contributed by atoms with Crippen LogP contribution in [-0.4, -0.2) is 41.2 Å². The fourth-order valence-electron chi connectivity index (χ4n) is 3.67. The minimum atomic E-state index is -0.989. The molecule has 2 aliphatic rings. The van der Waals surface area contributed by atoms with Crippen molar-refractivity contribution in [2.24, 2.45) is 0 Å². The third-order valence-electron chi connectivity index (χ3n) is 5.03. The highest BCUT2D eigenvalue weighted by atomic mass is 32.1.